The monoisotopic (exact) mass is 529 g/mol. The summed E-state index contributed by atoms with van der Waals surface area (Å²) in [4.78, 5) is 36.4. The van der Waals surface area contributed by atoms with Gasteiger partial charge in [0, 0.05) is 50.1 Å². The van der Waals surface area contributed by atoms with Crippen molar-refractivity contribution in [2.75, 3.05) is 23.3 Å². The van der Waals surface area contributed by atoms with Crippen molar-refractivity contribution < 1.29 is 4.79 Å². The molecular weight excluding hydrogens is 498 g/mol. The summed E-state index contributed by atoms with van der Waals surface area (Å²) in [7, 11) is 1.77. The Hall–Kier alpha value is -2.82. The molecule has 2 aromatic heterocycles. The first-order valence-corrected chi connectivity index (χ1v) is 13.1. The van der Waals surface area contributed by atoms with E-state index in [1.54, 1.807) is 17.7 Å². The summed E-state index contributed by atoms with van der Waals surface area (Å²) in [5.74, 6) is 0.459. The van der Waals surface area contributed by atoms with Gasteiger partial charge in [0.15, 0.2) is 0 Å². The van der Waals surface area contributed by atoms with Gasteiger partial charge in [-0.25, -0.2) is 9.97 Å². The van der Waals surface area contributed by atoms with Gasteiger partial charge in [-0.1, -0.05) is 17.7 Å². The predicted octanol–water partition coefficient (Wildman–Crippen LogP) is 3.92. The van der Waals surface area contributed by atoms with Crippen molar-refractivity contribution in [3.8, 4) is 0 Å². The fraction of sp³-hybridized carbons (Fsp3) is 0.440. The van der Waals surface area contributed by atoms with Crippen molar-refractivity contribution in [2.45, 2.75) is 57.1 Å². The van der Waals surface area contributed by atoms with E-state index in [-0.39, 0.29) is 23.0 Å². The van der Waals surface area contributed by atoms with Gasteiger partial charge in [-0.2, -0.15) is 0 Å². The number of aryl methyl sites for hydroxylation is 1. The van der Waals surface area contributed by atoms with E-state index >= 15 is 0 Å². The molecule has 0 aliphatic carbocycles. The molecule has 1 aliphatic rings. The first-order chi connectivity index (χ1) is 16.9. The second kappa shape index (κ2) is 10.3. The van der Waals surface area contributed by atoms with Crippen LogP contribution in [0.1, 0.15) is 50.8 Å². The third-order valence-corrected chi connectivity index (χ3v) is 7.58. The summed E-state index contributed by atoms with van der Waals surface area (Å²) < 4.78 is 4.32. The van der Waals surface area contributed by atoms with Crippen molar-refractivity contribution in [1.82, 2.24) is 19.3 Å². The highest BCUT2D eigenvalue weighted by atomic mass is 35.5. The minimum Gasteiger partial charge on any atom is -0.376 e. The standard InChI is InChI=1S/C25H32ClN7O2S/c1-14-12-17(15(2)28-19-6-7-20(26)29-22(19)36-31-16(3)34)21-18(13-14)23(35)32(5)24(30-21)33-10-8-25(4,27)9-11-33/h6-7,12-13,15,28H,8-11,27H2,1-5H3,(H,31,34). The molecule has 4 rings (SSSR count). The summed E-state index contributed by atoms with van der Waals surface area (Å²) in [6.45, 7) is 8.97. The molecule has 1 amide bonds. The van der Waals surface area contributed by atoms with Crippen molar-refractivity contribution in [3.63, 3.8) is 0 Å². The number of nitrogens with two attached hydrogens (primary N) is 1. The average Bonchev–Trinajstić information content (AvgIpc) is 2.81. The van der Waals surface area contributed by atoms with Gasteiger partial charge in [0.05, 0.1) is 22.6 Å². The topological polar surface area (TPSA) is 118 Å². The summed E-state index contributed by atoms with van der Waals surface area (Å²) in [5.41, 5.74) is 9.29. The Morgan fingerprint density at radius 2 is 1.94 bits per heavy atom. The van der Waals surface area contributed by atoms with E-state index in [0.29, 0.717) is 32.7 Å². The minimum absolute atomic E-state index is 0.0803. The fourth-order valence-electron chi connectivity index (χ4n) is 4.41. The number of fused-ring (bicyclic) bond motifs is 1. The van der Waals surface area contributed by atoms with E-state index in [1.165, 1.54) is 6.92 Å². The molecule has 3 aromatic rings. The first kappa shape index (κ1) is 26.2. The van der Waals surface area contributed by atoms with Crippen LogP contribution in [0.2, 0.25) is 5.15 Å². The number of amides is 1. The van der Waals surface area contributed by atoms with Gasteiger partial charge < -0.3 is 16.0 Å². The lowest BCUT2D eigenvalue weighted by molar-refractivity contribution is -0.117. The molecule has 3 heterocycles. The zero-order valence-corrected chi connectivity index (χ0v) is 22.8. The third-order valence-electron chi connectivity index (χ3n) is 6.48. The number of nitrogens with one attached hydrogen (secondary N) is 2. The van der Waals surface area contributed by atoms with Crippen molar-refractivity contribution in [1.29, 1.82) is 0 Å². The lowest BCUT2D eigenvalue weighted by Crippen LogP contribution is -2.49. The number of aromatic nitrogens is 3. The molecule has 1 aliphatic heterocycles. The van der Waals surface area contributed by atoms with E-state index in [9.17, 15) is 9.59 Å². The number of hydrogen-bond acceptors (Lipinski definition) is 8. The number of hydrogen-bond donors (Lipinski definition) is 3. The Labute approximate surface area is 219 Å². The fourth-order valence-corrected chi connectivity index (χ4v) is 5.23. The molecular formula is C25H32ClN7O2S. The van der Waals surface area contributed by atoms with Crippen molar-refractivity contribution in [3.05, 3.63) is 50.9 Å². The third kappa shape index (κ3) is 5.61. The maximum absolute atomic E-state index is 13.4. The number of piperidine rings is 1. The lowest BCUT2D eigenvalue weighted by Gasteiger charge is -2.37. The maximum atomic E-state index is 13.4. The molecule has 1 atom stereocenters. The largest absolute Gasteiger partial charge is 0.376 e. The Kier molecular flexibility index (Phi) is 7.49. The van der Waals surface area contributed by atoms with Crippen LogP contribution in [0.25, 0.3) is 10.9 Å². The normalized spacial score (nSPS) is 16.1. The van der Waals surface area contributed by atoms with Gasteiger partial charge in [0.2, 0.25) is 11.9 Å². The molecule has 0 bridgehead atoms. The molecule has 192 valence electrons. The van der Waals surface area contributed by atoms with E-state index in [0.717, 1.165) is 49.0 Å². The number of carbonyl (C=O) groups is 1. The lowest BCUT2D eigenvalue weighted by atomic mass is 9.91. The van der Waals surface area contributed by atoms with Gasteiger partial charge >= 0.3 is 0 Å². The Morgan fingerprint density at radius 1 is 1.25 bits per heavy atom. The zero-order chi connectivity index (χ0) is 26.2. The van der Waals surface area contributed by atoms with Crippen LogP contribution in [0, 0.1) is 6.92 Å². The number of carbonyl (C=O) groups excluding carboxylic acids is 1. The molecule has 0 spiro atoms. The van der Waals surface area contributed by atoms with Gasteiger partial charge in [0.25, 0.3) is 5.56 Å². The van der Waals surface area contributed by atoms with Crippen LogP contribution in [0.5, 0.6) is 0 Å². The van der Waals surface area contributed by atoms with Crippen LogP contribution in [0.15, 0.2) is 34.1 Å². The Balaban J connectivity index is 1.74. The quantitative estimate of drug-likeness (QED) is 0.325. The van der Waals surface area contributed by atoms with Crippen LogP contribution in [-0.2, 0) is 11.8 Å². The van der Waals surface area contributed by atoms with Gasteiger partial charge in [-0.15, -0.1) is 0 Å². The summed E-state index contributed by atoms with van der Waals surface area (Å²) in [5, 5.41) is 4.92. The maximum Gasteiger partial charge on any atom is 0.262 e. The van der Waals surface area contributed by atoms with E-state index in [2.05, 4.69) is 26.8 Å². The molecule has 36 heavy (non-hydrogen) atoms. The summed E-state index contributed by atoms with van der Waals surface area (Å²) in [6, 6.07) is 7.24. The molecule has 11 heteroatoms. The van der Waals surface area contributed by atoms with Crippen molar-refractivity contribution in [2.24, 2.45) is 12.8 Å². The van der Waals surface area contributed by atoms with E-state index in [1.807, 2.05) is 32.0 Å². The minimum atomic E-state index is -0.215. The Morgan fingerprint density at radius 3 is 2.61 bits per heavy atom. The SMILES string of the molecule is CC(=O)NSc1nc(Cl)ccc1NC(C)c1cc(C)cc2c(=O)n(C)c(N3CCC(C)(N)CC3)nc12. The molecule has 0 radical (unpaired) electrons. The first-order valence-electron chi connectivity index (χ1n) is 11.9. The highest BCUT2D eigenvalue weighted by Crippen LogP contribution is 2.32. The highest BCUT2D eigenvalue weighted by molar-refractivity contribution is 7.98. The van der Waals surface area contributed by atoms with E-state index < -0.39 is 0 Å². The number of benzene rings is 1. The number of pyridine rings is 1. The van der Waals surface area contributed by atoms with Gasteiger partial charge in [-0.3, -0.25) is 18.9 Å². The van der Waals surface area contributed by atoms with Crippen LogP contribution >= 0.6 is 23.5 Å². The van der Waals surface area contributed by atoms with Crippen LogP contribution in [-0.4, -0.2) is 39.1 Å². The number of rotatable bonds is 6. The summed E-state index contributed by atoms with van der Waals surface area (Å²) in [6.07, 6.45) is 1.66. The number of halogens is 1. The van der Waals surface area contributed by atoms with Gasteiger partial charge in [-0.05, 0) is 57.4 Å². The molecule has 0 saturated carbocycles. The van der Waals surface area contributed by atoms with Crippen LogP contribution < -0.4 is 26.2 Å². The number of nitrogens with zero attached hydrogens (tertiary/aromatic N) is 4. The molecule has 1 fully saturated rings. The second-order valence-corrected chi connectivity index (χ2v) is 11.0. The predicted molar refractivity (Wildman–Crippen MR) is 147 cm³/mol. The van der Waals surface area contributed by atoms with E-state index in [4.69, 9.17) is 22.3 Å². The molecule has 9 nitrogen and oxygen atoms in total. The highest BCUT2D eigenvalue weighted by Gasteiger charge is 2.28. The summed E-state index contributed by atoms with van der Waals surface area (Å²) >= 11 is 7.20. The zero-order valence-electron chi connectivity index (χ0n) is 21.2. The second-order valence-electron chi connectivity index (χ2n) is 9.78. The molecule has 4 N–H and O–H groups in total. The van der Waals surface area contributed by atoms with Gasteiger partial charge in [0.1, 0.15) is 10.2 Å². The average molecular weight is 530 g/mol. The Bertz CT molecular complexity index is 1360. The smallest absolute Gasteiger partial charge is 0.262 e. The molecule has 1 aromatic carbocycles. The van der Waals surface area contributed by atoms with Crippen LogP contribution in [0.3, 0.4) is 0 Å². The van der Waals surface area contributed by atoms with Crippen molar-refractivity contribution >= 4 is 52.0 Å². The molecule has 1 unspecified atom stereocenters. The molecule has 1 saturated heterocycles. The van der Waals surface area contributed by atoms with Crippen LogP contribution in [0.4, 0.5) is 11.6 Å². The number of anilines is 2.